The lowest BCUT2D eigenvalue weighted by molar-refractivity contribution is -0.107. The van der Waals surface area contributed by atoms with Gasteiger partial charge in [0, 0.05) is 17.7 Å². The Kier molecular flexibility index (Phi) is 5.45. The lowest BCUT2D eigenvalue weighted by atomic mass is 10.1. The van der Waals surface area contributed by atoms with Crippen LogP contribution in [-0.4, -0.2) is 6.41 Å². The summed E-state index contributed by atoms with van der Waals surface area (Å²) in [4.78, 5) is 9.88. The Morgan fingerprint density at radius 1 is 1.38 bits per heavy atom. The van der Waals surface area contributed by atoms with Crippen LogP contribution in [0.15, 0.2) is 27.8 Å². The molecule has 0 aromatic heterocycles. The lowest BCUT2D eigenvalue weighted by Gasteiger charge is -2.00. The fourth-order valence-corrected chi connectivity index (χ4v) is 1.96. The second kappa shape index (κ2) is 6.62. The number of ether oxygens (including phenoxy) is 1. The molecule has 0 fully saturated rings. The first kappa shape index (κ1) is 13.2. The zero-order valence-corrected chi connectivity index (χ0v) is 10.1. The molecule has 16 heavy (non-hydrogen) atoms. The van der Waals surface area contributed by atoms with Crippen molar-refractivity contribution in [3.8, 4) is 0 Å². The third-order valence-corrected chi connectivity index (χ3v) is 2.84. The summed E-state index contributed by atoms with van der Waals surface area (Å²) >= 11 is 1.26. The molecule has 0 atom stereocenters. The van der Waals surface area contributed by atoms with Gasteiger partial charge in [0.25, 0.3) is 6.41 Å². The third-order valence-electron chi connectivity index (χ3n) is 2.17. The summed E-state index contributed by atoms with van der Waals surface area (Å²) < 4.78 is 8.94. The number of benzene rings is 1. The third kappa shape index (κ3) is 3.30. The molecule has 1 amide bonds. The van der Waals surface area contributed by atoms with Gasteiger partial charge in [0.1, 0.15) is 0 Å². The lowest BCUT2D eigenvalue weighted by Crippen LogP contribution is -1.85. The highest BCUT2D eigenvalue weighted by atomic mass is 35.5. The second-order valence-electron chi connectivity index (χ2n) is 3.17. The van der Waals surface area contributed by atoms with Gasteiger partial charge >= 0.3 is 0 Å². The molecule has 2 rings (SSSR count). The summed E-state index contributed by atoms with van der Waals surface area (Å²) in [5, 5.41) is 3.24. The number of nitrogens with zero attached hydrogens (tertiary/aromatic N) is 2. The van der Waals surface area contributed by atoms with E-state index in [1.807, 2.05) is 0 Å². The highest BCUT2D eigenvalue weighted by Crippen LogP contribution is 2.23. The van der Waals surface area contributed by atoms with E-state index in [1.54, 1.807) is 0 Å². The molecule has 1 aliphatic rings. The molecule has 0 bridgehead atoms. The number of amides is 1. The van der Waals surface area contributed by atoms with Gasteiger partial charge in [-0.25, -0.2) is 0 Å². The van der Waals surface area contributed by atoms with Crippen molar-refractivity contribution in [3.05, 3.63) is 34.9 Å². The van der Waals surface area contributed by atoms with Gasteiger partial charge in [0.15, 0.2) is 0 Å². The number of hydrogen-bond acceptors (Lipinski definition) is 4. The molecule has 1 aliphatic heterocycles. The summed E-state index contributed by atoms with van der Waals surface area (Å²) in [6, 6.07) is 6.25. The number of carbonyl (C=O) groups excluding carboxylic acids is 1. The van der Waals surface area contributed by atoms with Crippen molar-refractivity contribution in [1.82, 2.24) is 0 Å². The number of halogens is 1. The van der Waals surface area contributed by atoms with Crippen LogP contribution in [0, 0.1) is 0 Å². The molecule has 6 heteroatoms. The number of rotatable bonds is 4. The zero-order valence-electron chi connectivity index (χ0n) is 8.46. The predicted octanol–water partition coefficient (Wildman–Crippen LogP) is 2.90. The molecular formula is C10H11ClN2O2S. The molecule has 1 aromatic rings. The fourth-order valence-electron chi connectivity index (χ4n) is 1.47. The van der Waals surface area contributed by atoms with Gasteiger partial charge < -0.3 is 4.74 Å². The van der Waals surface area contributed by atoms with Crippen LogP contribution in [-0.2, 0) is 28.5 Å². The number of carbonyl (C=O) groups is 1. The van der Waals surface area contributed by atoms with E-state index >= 15 is 0 Å². The molecule has 1 heterocycles. The van der Waals surface area contributed by atoms with Crippen molar-refractivity contribution in [2.24, 2.45) is 9.63 Å². The Morgan fingerprint density at radius 3 is 3.00 bits per heavy atom. The van der Waals surface area contributed by atoms with E-state index in [-0.39, 0.29) is 12.4 Å². The molecule has 0 spiro atoms. The van der Waals surface area contributed by atoms with Crippen molar-refractivity contribution < 1.29 is 9.53 Å². The van der Waals surface area contributed by atoms with E-state index in [0.717, 1.165) is 5.75 Å². The van der Waals surface area contributed by atoms with E-state index < -0.39 is 0 Å². The average molecular weight is 259 g/mol. The van der Waals surface area contributed by atoms with Crippen LogP contribution < -0.4 is 0 Å². The van der Waals surface area contributed by atoms with Crippen molar-refractivity contribution in [3.63, 3.8) is 0 Å². The normalized spacial score (nSPS) is 13.5. The van der Waals surface area contributed by atoms with Gasteiger partial charge in [0.2, 0.25) is 0 Å². The Hall–Kier alpha value is -0.910. The van der Waals surface area contributed by atoms with Crippen LogP contribution in [0.4, 0.5) is 0 Å². The highest BCUT2D eigenvalue weighted by molar-refractivity contribution is 7.97. The first-order chi connectivity index (χ1) is 7.40. The molecule has 0 N–H and O–H groups in total. The van der Waals surface area contributed by atoms with Crippen LogP contribution in [0.1, 0.15) is 16.7 Å². The van der Waals surface area contributed by atoms with E-state index in [0.29, 0.717) is 19.6 Å². The maximum Gasteiger partial charge on any atom is 0.253 e. The van der Waals surface area contributed by atoms with E-state index in [1.165, 1.54) is 28.6 Å². The van der Waals surface area contributed by atoms with Crippen LogP contribution in [0.3, 0.4) is 0 Å². The van der Waals surface area contributed by atoms with Crippen molar-refractivity contribution in [1.29, 1.82) is 0 Å². The summed E-state index contributed by atoms with van der Waals surface area (Å²) in [6.45, 7) is 1.41. The van der Waals surface area contributed by atoms with E-state index in [4.69, 9.17) is 4.74 Å². The summed E-state index contributed by atoms with van der Waals surface area (Å²) in [5.41, 5.74) is 3.69. The number of hydrogen-bond donors (Lipinski definition) is 0. The molecule has 0 saturated heterocycles. The Balaban J connectivity index is 0.00000128. The summed E-state index contributed by atoms with van der Waals surface area (Å²) in [7, 11) is 0. The monoisotopic (exact) mass is 258 g/mol. The first-order valence-electron chi connectivity index (χ1n) is 4.54. The van der Waals surface area contributed by atoms with Gasteiger partial charge in [-0.05, 0) is 16.7 Å². The van der Waals surface area contributed by atoms with Crippen molar-refractivity contribution in [2.45, 2.75) is 19.0 Å². The molecule has 0 radical (unpaired) electrons. The minimum Gasteiger partial charge on any atom is -0.372 e. The molecule has 4 nitrogen and oxygen atoms in total. The highest BCUT2D eigenvalue weighted by Gasteiger charge is 2.10. The molecule has 0 saturated carbocycles. The topological polar surface area (TPSA) is 51.0 Å². The first-order valence-corrected chi connectivity index (χ1v) is 5.48. The maximum absolute atomic E-state index is 9.88. The predicted molar refractivity (Wildman–Crippen MR) is 64.4 cm³/mol. The Labute approximate surface area is 104 Å². The van der Waals surface area contributed by atoms with E-state index in [2.05, 4.69) is 27.8 Å². The Morgan fingerprint density at radius 2 is 2.19 bits per heavy atom. The van der Waals surface area contributed by atoms with Gasteiger partial charge in [-0.15, -0.1) is 22.0 Å². The van der Waals surface area contributed by atoms with Crippen LogP contribution in [0.25, 0.3) is 0 Å². The molecular weight excluding hydrogens is 248 g/mol. The second-order valence-corrected chi connectivity index (χ2v) is 3.88. The number of fused-ring (bicyclic) bond motifs is 1. The summed E-state index contributed by atoms with van der Waals surface area (Å²) in [6.07, 6.45) is 0.434. The zero-order chi connectivity index (χ0) is 10.5. The van der Waals surface area contributed by atoms with Crippen LogP contribution >= 0.6 is 24.4 Å². The van der Waals surface area contributed by atoms with Gasteiger partial charge in [-0.3, -0.25) is 4.79 Å². The molecule has 0 aliphatic carbocycles. The fraction of sp³-hybridized carbons (Fsp3) is 0.300. The Bertz CT molecular complexity index is 398. The van der Waals surface area contributed by atoms with Gasteiger partial charge in [-0.1, -0.05) is 18.2 Å². The minimum atomic E-state index is 0. The molecule has 1 aromatic carbocycles. The van der Waals surface area contributed by atoms with Crippen LogP contribution in [0.2, 0.25) is 0 Å². The van der Waals surface area contributed by atoms with Crippen LogP contribution in [0.5, 0.6) is 0 Å². The minimum absolute atomic E-state index is 0. The van der Waals surface area contributed by atoms with E-state index in [9.17, 15) is 4.79 Å². The molecule has 0 unspecified atom stereocenters. The van der Waals surface area contributed by atoms with Gasteiger partial charge in [-0.2, -0.15) is 0 Å². The molecule has 86 valence electrons. The van der Waals surface area contributed by atoms with Crippen molar-refractivity contribution in [2.75, 3.05) is 0 Å². The quantitative estimate of drug-likeness (QED) is 0.474. The maximum atomic E-state index is 9.88. The standard InChI is InChI=1S/C10H10N2O2S.ClH/c13-7-11-12-15-6-8-1-2-9-4-14-5-10(9)3-8;/h1-3,7H,4-6H2;1H. The SMILES string of the molecule is Cl.O=CN=NSCc1ccc2c(c1)COC2. The average Bonchev–Trinajstić information content (AvgIpc) is 2.71. The summed E-state index contributed by atoms with van der Waals surface area (Å²) in [5.74, 6) is 0.727. The van der Waals surface area contributed by atoms with Gasteiger partial charge in [0.05, 0.1) is 13.2 Å². The smallest absolute Gasteiger partial charge is 0.253 e. The largest absolute Gasteiger partial charge is 0.372 e. The van der Waals surface area contributed by atoms with Crippen molar-refractivity contribution >= 4 is 30.8 Å².